The highest BCUT2D eigenvalue weighted by molar-refractivity contribution is 7.92. The minimum Gasteiger partial charge on any atom is -0.494 e. The second kappa shape index (κ2) is 7.43. The van der Waals surface area contributed by atoms with E-state index in [1.807, 2.05) is 0 Å². The standard InChI is InChI=1S/C18H22N2O4S/c19-7-1-9-23-13-3-5-15-16-6-4-14(24-10-2-8-20)12-18(16)25(21,22)17(15)11-13/h3-6,11-12H,1-2,7-10,19-20H2. The Hall–Kier alpha value is -2.09. The summed E-state index contributed by atoms with van der Waals surface area (Å²) >= 11 is 0. The fourth-order valence-electron chi connectivity index (χ4n) is 2.74. The van der Waals surface area contributed by atoms with Gasteiger partial charge in [-0.3, -0.25) is 0 Å². The van der Waals surface area contributed by atoms with E-state index in [0.717, 1.165) is 0 Å². The molecule has 1 heterocycles. The van der Waals surface area contributed by atoms with Gasteiger partial charge in [0.1, 0.15) is 11.5 Å². The zero-order chi connectivity index (χ0) is 17.9. The van der Waals surface area contributed by atoms with E-state index in [1.54, 1.807) is 36.4 Å². The lowest BCUT2D eigenvalue weighted by atomic mass is 10.1. The normalized spacial score (nSPS) is 14.0. The Bertz CT molecular complexity index is 800. The first-order valence-electron chi connectivity index (χ1n) is 8.27. The van der Waals surface area contributed by atoms with Crippen LogP contribution in [0, 0.1) is 0 Å². The number of fused-ring (bicyclic) bond motifs is 3. The molecular formula is C18H22N2O4S. The molecule has 6 nitrogen and oxygen atoms in total. The molecule has 0 aromatic heterocycles. The fraction of sp³-hybridized carbons (Fsp3) is 0.333. The van der Waals surface area contributed by atoms with E-state index in [-0.39, 0.29) is 9.79 Å². The molecule has 2 aromatic carbocycles. The number of hydrogen-bond donors (Lipinski definition) is 2. The van der Waals surface area contributed by atoms with Crippen molar-refractivity contribution in [2.75, 3.05) is 26.3 Å². The monoisotopic (exact) mass is 362 g/mol. The van der Waals surface area contributed by atoms with Crippen LogP contribution in [0.5, 0.6) is 11.5 Å². The van der Waals surface area contributed by atoms with Crippen molar-refractivity contribution in [1.82, 2.24) is 0 Å². The smallest absolute Gasteiger partial charge is 0.208 e. The number of benzene rings is 2. The van der Waals surface area contributed by atoms with Crippen molar-refractivity contribution in [2.45, 2.75) is 22.6 Å². The predicted octanol–water partition coefficient (Wildman–Crippen LogP) is 1.96. The summed E-state index contributed by atoms with van der Waals surface area (Å²) < 4.78 is 36.9. The van der Waals surface area contributed by atoms with E-state index in [0.29, 0.717) is 61.8 Å². The molecule has 0 bridgehead atoms. The van der Waals surface area contributed by atoms with Crippen LogP contribution in [0.25, 0.3) is 11.1 Å². The molecule has 3 rings (SSSR count). The van der Waals surface area contributed by atoms with E-state index < -0.39 is 9.84 Å². The summed E-state index contributed by atoms with van der Waals surface area (Å²) in [7, 11) is -3.58. The molecule has 0 fully saturated rings. The number of hydrogen-bond acceptors (Lipinski definition) is 6. The fourth-order valence-corrected chi connectivity index (χ4v) is 4.45. The first kappa shape index (κ1) is 17.7. The van der Waals surface area contributed by atoms with Crippen LogP contribution >= 0.6 is 0 Å². The van der Waals surface area contributed by atoms with Gasteiger partial charge in [-0.05, 0) is 62.3 Å². The van der Waals surface area contributed by atoms with Crippen LogP contribution in [0.3, 0.4) is 0 Å². The number of nitrogens with two attached hydrogens (primary N) is 2. The van der Waals surface area contributed by atoms with Gasteiger partial charge in [0.2, 0.25) is 9.84 Å². The zero-order valence-electron chi connectivity index (χ0n) is 13.9. The Morgan fingerprint density at radius 3 is 1.60 bits per heavy atom. The molecule has 0 radical (unpaired) electrons. The second-order valence-electron chi connectivity index (χ2n) is 5.80. The lowest BCUT2D eigenvalue weighted by Gasteiger charge is -2.07. The molecule has 0 spiro atoms. The Kier molecular flexibility index (Phi) is 5.27. The Balaban J connectivity index is 1.91. The molecule has 0 unspecified atom stereocenters. The molecule has 0 atom stereocenters. The summed E-state index contributed by atoms with van der Waals surface area (Å²) in [5, 5.41) is 0. The van der Waals surface area contributed by atoms with Crippen molar-refractivity contribution >= 4 is 9.84 Å². The van der Waals surface area contributed by atoms with Gasteiger partial charge in [-0.25, -0.2) is 8.42 Å². The van der Waals surface area contributed by atoms with E-state index in [9.17, 15) is 8.42 Å². The molecule has 0 amide bonds. The van der Waals surface area contributed by atoms with Crippen LogP contribution in [-0.4, -0.2) is 34.7 Å². The zero-order valence-corrected chi connectivity index (χ0v) is 14.7. The molecule has 1 aliphatic rings. The average molecular weight is 362 g/mol. The molecule has 0 saturated carbocycles. The Morgan fingerprint density at radius 1 is 0.760 bits per heavy atom. The van der Waals surface area contributed by atoms with E-state index in [1.165, 1.54) is 0 Å². The van der Waals surface area contributed by atoms with Crippen LogP contribution < -0.4 is 20.9 Å². The molecule has 7 heteroatoms. The molecule has 2 aromatic rings. The molecular weight excluding hydrogens is 340 g/mol. The van der Waals surface area contributed by atoms with Crippen LogP contribution in [-0.2, 0) is 9.84 Å². The topological polar surface area (TPSA) is 105 Å². The molecule has 25 heavy (non-hydrogen) atoms. The molecule has 1 aliphatic heterocycles. The summed E-state index contributed by atoms with van der Waals surface area (Å²) in [6, 6.07) is 10.3. The lowest BCUT2D eigenvalue weighted by molar-refractivity contribution is 0.312. The minimum atomic E-state index is -3.58. The maximum atomic E-state index is 12.9. The van der Waals surface area contributed by atoms with Crippen molar-refractivity contribution in [2.24, 2.45) is 11.5 Å². The van der Waals surface area contributed by atoms with Gasteiger partial charge in [0.05, 0.1) is 23.0 Å². The maximum absolute atomic E-state index is 12.9. The van der Waals surface area contributed by atoms with Crippen molar-refractivity contribution < 1.29 is 17.9 Å². The summed E-state index contributed by atoms with van der Waals surface area (Å²) in [4.78, 5) is 0.540. The van der Waals surface area contributed by atoms with Crippen LogP contribution in [0.1, 0.15) is 12.8 Å². The van der Waals surface area contributed by atoms with Gasteiger partial charge in [-0.2, -0.15) is 0 Å². The Morgan fingerprint density at radius 2 is 1.20 bits per heavy atom. The number of rotatable bonds is 8. The predicted molar refractivity (Wildman–Crippen MR) is 95.7 cm³/mol. The number of ether oxygens (including phenoxy) is 2. The van der Waals surface area contributed by atoms with Crippen LogP contribution in [0.4, 0.5) is 0 Å². The van der Waals surface area contributed by atoms with Gasteiger partial charge < -0.3 is 20.9 Å². The van der Waals surface area contributed by atoms with Gasteiger partial charge in [-0.15, -0.1) is 0 Å². The highest BCUT2D eigenvalue weighted by atomic mass is 32.2. The molecule has 0 saturated heterocycles. The summed E-state index contributed by atoms with van der Waals surface area (Å²) in [6.45, 7) is 1.98. The van der Waals surface area contributed by atoms with Crippen molar-refractivity contribution in [3.8, 4) is 22.6 Å². The first-order chi connectivity index (χ1) is 12.1. The van der Waals surface area contributed by atoms with Crippen LogP contribution in [0.2, 0.25) is 0 Å². The summed E-state index contributed by atoms with van der Waals surface area (Å²) in [5.41, 5.74) is 12.3. The van der Waals surface area contributed by atoms with Gasteiger partial charge in [0, 0.05) is 11.1 Å². The van der Waals surface area contributed by atoms with Crippen molar-refractivity contribution in [3.05, 3.63) is 36.4 Å². The third-order valence-corrected chi connectivity index (χ3v) is 5.84. The van der Waals surface area contributed by atoms with Gasteiger partial charge in [0.15, 0.2) is 0 Å². The highest BCUT2D eigenvalue weighted by Crippen LogP contribution is 2.45. The molecule has 134 valence electrons. The summed E-state index contributed by atoms with van der Waals surface area (Å²) in [6.07, 6.45) is 1.43. The van der Waals surface area contributed by atoms with Crippen LogP contribution in [0.15, 0.2) is 46.2 Å². The summed E-state index contributed by atoms with van der Waals surface area (Å²) in [5.74, 6) is 1.06. The van der Waals surface area contributed by atoms with E-state index in [4.69, 9.17) is 20.9 Å². The Labute approximate surface area is 147 Å². The first-order valence-corrected chi connectivity index (χ1v) is 9.75. The SMILES string of the molecule is NCCCOc1ccc2c(c1)S(=O)(=O)c1cc(OCCCN)ccc1-2. The van der Waals surface area contributed by atoms with Gasteiger partial charge in [-0.1, -0.05) is 0 Å². The molecule has 4 N–H and O–H groups in total. The third-order valence-electron chi connectivity index (χ3n) is 4.01. The van der Waals surface area contributed by atoms with Crippen molar-refractivity contribution in [3.63, 3.8) is 0 Å². The second-order valence-corrected chi connectivity index (χ2v) is 7.69. The third kappa shape index (κ3) is 3.49. The molecule has 0 aliphatic carbocycles. The van der Waals surface area contributed by atoms with Gasteiger partial charge in [0.25, 0.3) is 0 Å². The number of sulfone groups is 1. The van der Waals surface area contributed by atoms with Gasteiger partial charge >= 0.3 is 0 Å². The average Bonchev–Trinajstić information content (AvgIpc) is 2.83. The van der Waals surface area contributed by atoms with E-state index in [2.05, 4.69) is 0 Å². The highest BCUT2D eigenvalue weighted by Gasteiger charge is 2.33. The lowest BCUT2D eigenvalue weighted by Crippen LogP contribution is -2.06. The van der Waals surface area contributed by atoms with E-state index >= 15 is 0 Å². The van der Waals surface area contributed by atoms with Crippen molar-refractivity contribution in [1.29, 1.82) is 0 Å². The largest absolute Gasteiger partial charge is 0.494 e. The maximum Gasteiger partial charge on any atom is 0.208 e. The quantitative estimate of drug-likeness (QED) is 0.594. The minimum absolute atomic E-state index is 0.270.